The number of allylic oxidation sites excluding steroid dienone is 5. The van der Waals surface area contributed by atoms with Crippen LogP contribution in [0.25, 0.3) is 6.08 Å². The summed E-state index contributed by atoms with van der Waals surface area (Å²) in [6.45, 7) is 11.5. The van der Waals surface area contributed by atoms with Crippen LogP contribution >= 0.6 is 0 Å². The van der Waals surface area contributed by atoms with Crippen molar-refractivity contribution in [1.82, 2.24) is 0 Å². The van der Waals surface area contributed by atoms with E-state index in [-0.39, 0.29) is 24.8 Å². The van der Waals surface area contributed by atoms with Gasteiger partial charge < -0.3 is 24.8 Å². The molecule has 0 saturated carbocycles. The van der Waals surface area contributed by atoms with E-state index in [0.717, 1.165) is 0 Å². The fourth-order valence-corrected chi connectivity index (χ4v) is 5.56. The first kappa shape index (κ1) is 22.9. The minimum Gasteiger partial charge on any atom is -1.00 e. The van der Waals surface area contributed by atoms with Crippen molar-refractivity contribution in [2.24, 2.45) is 0 Å². The Morgan fingerprint density at radius 2 is 1.76 bits per heavy atom. The molecule has 0 saturated heterocycles. The Bertz CT molecular complexity index is 754. The maximum atomic E-state index is 2.43. The standard InChI is InChI=1S/C22H27.2ClH.Zr/c1-6-7-8-18-9-10-19(17(18)5)22-16(4)13-20-15(3)11-14(2)12-21(20)22;;;/h11-13,22H,6-8,10H2,1-5H3;2*1H;/q;;;+2/p-2. The molecular formula is C22H27Cl2Zr. The largest absolute Gasteiger partial charge is 1.00 e. The second-order valence-corrected chi connectivity index (χ2v) is 8.78. The van der Waals surface area contributed by atoms with Crippen LogP contribution in [0.15, 0.2) is 37.7 Å². The maximum Gasteiger partial charge on any atom is -1.00 e. The van der Waals surface area contributed by atoms with E-state index in [2.05, 4.69) is 52.8 Å². The van der Waals surface area contributed by atoms with Gasteiger partial charge in [-0.25, -0.2) is 0 Å². The number of benzene rings is 1. The van der Waals surface area contributed by atoms with E-state index in [0.29, 0.717) is 5.92 Å². The third-order valence-electron chi connectivity index (χ3n) is 5.50. The molecule has 0 fully saturated rings. The van der Waals surface area contributed by atoms with E-state index in [1.165, 1.54) is 47.9 Å². The summed E-state index contributed by atoms with van der Waals surface area (Å²) in [6.07, 6.45) is 7.54. The Morgan fingerprint density at radius 3 is 2.40 bits per heavy atom. The summed E-state index contributed by atoms with van der Waals surface area (Å²) in [6, 6.07) is 4.74. The predicted molar refractivity (Wildman–Crippen MR) is 96.2 cm³/mol. The Balaban J connectivity index is 0.00000156. The molecule has 3 rings (SSSR count). The fourth-order valence-electron chi connectivity index (χ4n) is 4.33. The molecule has 133 valence electrons. The van der Waals surface area contributed by atoms with Crippen molar-refractivity contribution in [2.45, 2.75) is 66.2 Å². The topological polar surface area (TPSA) is 0 Å². The van der Waals surface area contributed by atoms with Gasteiger partial charge in [0, 0.05) is 0 Å². The molecule has 0 amide bonds. The van der Waals surface area contributed by atoms with Crippen LogP contribution in [0.4, 0.5) is 0 Å². The molecule has 2 aliphatic rings. The van der Waals surface area contributed by atoms with Crippen molar-refractivity contribution in [2.75, 3.05) is 0 Å². The second kappa shape index (κ2) is 9.21. The maximum absolute atomic E-state index is 2.43. The van der Waals surface area contributed by atoms with Crippen molar-refractivity contribution in [3.63, 3.8) is 0 Å². The predicted octanol–water partition coefficient (Wildman–Crippen LogP) is 0.523. The van der Waals surface area contributed by atoms with E-state index in [9.17, 15) is 0 Å². The van der Waals surface area contributed by atoms with E-state index in [1.54, 1.807) is 50.3 Å². The number of hydrogen-bond acceptors (Lipinski definition) is 0. The summed E-state index contributed by atoms with van der Waals surface area (Å²) < 4.78 is 1.70. The average molecular weight is 454 g/mol. The third-order valence-corrected chi connectivity index (χ3v) is 6.67. The molecule has 0 aromatic heterocycles. The molecule has 0 spiro atoms. The van der Waals surface area contributed by atoms with Gasteiger partial charge in [-0.3, -0.25) is 0 Å². The molecule has 0 N–H and O–H groups in total. The minimum atomic E-state index is 0. The van der Waals surface area contributed by atoms with Crippen LogP contribution in [-0.2, 0) is 24.7 Å². The summed E-state index contributed by atoms with van der Waals surface area (Å²) in [5, 5.41) is 0. The van der Waals surface area contributed by atoms with Gasteiger partial charge in [-0.1, -0.05) is 0 Å². The van der Waals surface area contributed by atoms with Crippen molar-refractivity contribution >= 4 is 6.08 Å². The number of hydrogen-bond donors (Lipinski definition) is 0. The van der Waals surface area contributed by atoms with Gasteiger partial charge in [0.15, 0.2) is 0 Å². The molecule has 1 unspecified atom stereocenters. The Kier molecular flexibility index (Phi) is 8.45. The quantitative estimate of drug-likeness (QED) is 0.624. The van der Waals surface area contributed by atoms with Gasteiger partial charge in [0.2, 0.25) is 0 Å². The van der Waals surface area contributed by atoms with Gasteiger partial charge in [-0.15, -0.1) is 0 Å². The number of unbranched alkanes of at least 4 members (excludes halogenated alkanes) is 1. The van der Waals surface area contributed by atoms with Gasteiger partial charge in [-0.2, -0.15) is 0 Å². The zero-order valence-corrected chi connectivity index (χ0v) is 19.9. The van der Waals surface area contributed by atoms with Crippen molar-refractivity contribution in [1.29, 1.82) is 0 Å². The summed E-state index contributed by atoms with van der Waals surface area (Å²) in [5.41, 5.74) is 12.4. The van der Waals surface area contributed by atoms with Crippen LogP contribution in [0.3, 0.4) is 0 Å². The molecule has 0 radical (unpaired) electrons. The summed E-state index contributed by atoms with van der Waals surface area (Å²) in [7, 11) is 0. The van der Waals surface area contributed by atoms with Gasteiger partial charge in [-0.05, 0) is 0 Å². The van der Waals surface area contributed by atoms with Crippen molar-refractivity contribution < 1.29 is 49.5 Å². The molecule has 1 atom stereocenters. The van der Waals surface area contributed by atoms with Crippen LogP contribution in [0.2, 0.25) is 0 Å². The molecule has 1 aromatic rings. The van der Waals surface area contributed by atoms with E-state index >= 15 is 0 Å². The van der Waals surface area contributed by atoms with E-state index < -0.39 is 0 Å². The number of rotatable bonds is 4. The second-order valence-electron chi connectivity index (χ2n) is 7.29. The molecule has 0 bridgehead atoms. The Hall–Kier alpha value is -0.0969. The molecule has 25 heavy (non-hydrogen) atoms. The zero-order chi connectivity index (χ0) is 16.7. The molecule has 1 aromatic carbocycles. The molecule has 3 heteroatoms. The van der Waals surface area contributed by atoms with Crippen LogP contribution in [0.5, 0.6) is 0 Å². The fraction of sp³-hybridized carbons (Fsp3) is 0.455. The van der Waals surface area contributed by atoms with E-state index in [4.69, 9.17) is 0 Å². The summed E-state index contributed by atoms with van der Waals surface area (Å²) in [5.74, 6) is 0.526. The minimum absolute atomic E-state index is 0. The zero-order valence-electron chi connectivity index (χ0n) is 15.9. The third kappa shape index (κ3) is 4.26. The monoisotopic (exact) mass is 451 g/mol. The van der Waals surface area contributed by atoms with Crippen LogP contribution in [0, 0.1) is 13.8 Å². The van der Waals surface area contributed by atoms with Gasteiger partial charge in [0.25, 0.3) is 0 Å². The molecule has 0 heterocycles. The average Bonchev–Trinajstić information content (AvgIpc) is 2.94. The van der Waals surface area contributed by atoms with Gasteiger partial charge in [0.1, 0.15) is 0 Å². The Morgan fingerprint density at radius 1 is 1.08 bits per heavy atom. The molecule has 0 aliphatic heterocycles. The van der Waals surface area contributed by atoms with Crippen molar-refractivity contribution in [3.8, 4) is 0 Å². The SMILES string of the molecule is CCCCC1=[C]([Zr+2])CC(C2C(C)=Cc3c(C)cc(C)cc32)=C1C.[Cl-].[Cl-]. The first-order valence-corrected chi connectivity index (χ1v) is 10.1. The molecular weight excluding hydrogens is 426 g/mol. The Labute approximate surface area is 180 Å². The normalized spacial score (nSPS) is 18.8. The number of halogens is 2. The van der Waals surface area contributed by atoms with E-state index in [1.807, 2.05) is 0 Å². The summed E-state index contributed by atoms with van der Waals surface area (Å²) in [4.78, 5) is 0. The first-order chi connectivity index (χ1) is 10.9. The van der Waals surface area contributed by atoms with Crippen LogP contribution < -0.4 is 24.8 Å². The molecule has 2 aliphatic carbocycles. The first-order valence-electron chi connectivity index (χ1n) is 8.87. The van der Waals surface area contributed by atoms with Gasteiger partial charge in [0.05, 0.1) is 0 Å². The molecule has 0 nitrogen and oxygen atoms in total. The summed E-state index contributed by atoms with van der Waals surface area (Å²) >= 11 is 1.61. The number of aryl methyl sites for hydroxylation is 2. The smallest absolute Gasteiger partial charge is 1.00 e. The van der Waals surface area contributed by atoms with Crippen molar-refractivity contribution in [3.05, 3.63) is 60.0 Å². The number of fused-ring (bicyclic) bond motifs is 1. The van der Waals surface area contributed by atoms with Crippen LogP contribution in [0.1, 0.15) is 74.6 Å². The van der Waals surface area contributed by atoms with Gasteiger partial charge >= 0.3 is 157 Å². The van der Waals surface area contributed by atoms with Crippen LogP contribution in [-0.4, -0.2) is 0 Å².